The van der Waals surface area contributed by atoms with Gasteiger partial charge in [0.1, 0.15) is 0 Å². The molecule has 1 aliphatic carbocycles. The summed E-state index contributed by atoms with van der Waals surface area (Å²) in [6.45, 7) is 0.706. The fraction of sp³-hybridized carbons (Fsp3) is 0.462. The molecule has 0 bridgehead atoms. The summed E-state index contributed by atoms with van der Waals surface area (Å²) >= 11 is 5.98. The van der Waals surface area contributed by atoms with E-state index < -0.39 is 0 Å². The van der Waals surface area contributed by atoms with Crippen molar-refractivity contribution in [2.45, 2.75) is 24.8 Å². The Kier molecular flexibility index (Phi) is 5.45. The Balaban J connectivity index is 0.00000162. The van der Waals surface area contributed by atoms with Crippen LogP contribution in [-0.2, 0) is 10.3 Å². The number of hydrogen-bond acceptors (Lipinski definition) is 2. The van der Waals surface area contributed by atoms with Crippen LogP contribution in [0.3, 0.4) is 0 Å². The van der Waals surface area contributed by atoms with E-state index in [1.165, 1.54) is 0 Å². The monoisotopic (exact) mass is 288 g/mol. The molecule has 18 heavy (non-hydrogen) atoms. The van der Waals surface area contributed by atoms with Gasteiger partial charge in [0.2, 0.25) is 5.91 Å². The zero-order chi connectivity index (χ0) is 12.3. The SMILES string of the molecule is CNCCC(=O)NC1(c2cccc(Cl)c2)CC1.Cl. The third-order valence-corrected chi connectivity index (χ3v) is 3.34. The second-order valence-electron chi connectivity index (χ2n) is 4.49. The smallest absolute Gasteiger partial charge is 0.221 e. The molecule has 1 aromatic rings. The molecule has 0 aromatic heterocycles. The van der Waals surface area contributed by atoms with Crippen molar-refractivity contribution in [2.24, 2.45) is 0 Å². The van der Waals surface area contributed by atoms with Gasteiger partial charge in [-0.05, 0) is 37.6 Å². The van der Waals surface area contributed by atoms with E-state index in [4.69, 9.17) is 11.6 Å². The van der Waals surface area contributed by atoms with Crippen LogP contribution in [0.25, 0.3) is 0 Å². The maximum absolute atomic E-state index is 11.7. The maximum atomic E-state index is 11.7. The van der Waals surface area contributed by atoms with Crippen molar-refractivity contribution in [1.82, 2.24) is 10.6 Å². The van der Waals surface area contributed by atoms with Gasteiger partial charge in [-0.1, -0.05) is 23.7 Å². The number of nitrogens with one attached hydrogen (secondary N) is 2. The predicted molar refractivity (Wildman–Crippen MR) is 76.3 cm³/mol. The number of carbonyl (C=O) groups is 1. The molecule has 1 saturated carbocycles. The second kappa shape index (κ2) is 6.41. The topological polar surface area (TPSA) is 41.1 Å². The number of carbonyl (C=O) groups excluding carboxylic acids is 1. The van der Waals surface area contributed by atoms with E-state index in [1.54, 1.807) is 0 Å². The summed E-state index contributed by atoms with van der Waals surface area (Å²) in [6, 6.07) is 7.74. The predicted octanol–water partition coefficient (Wildman–Crippen LogP) is 2.48. The molecule has 5 heteroatoms. The van der Waals surface area contributed by atoms with E-state index >= 15 is 0 Å². The molecule has 3 nitrogen and oxygen atoms in total. The first-order valence-corrected chi connectivity index (χ1v) is 6.26. The molecule has 2 rings (SSSR count). The van der Waals surface area contributed by atoms with E-state index in [-0.39, 0.29) is 23.9 Å². The molecule has 0 heterocycles. The lowest BCUT2D eigenvalue weighted by atomic mass is 10.0. The van der Waals surface area contributed by atoms with Crippen LogP contribution < -0.4 is 10.6 Å². The van der Waals surface area contributed by atoms with Crippen molar-refractivity contribution in [2.75, 3.05) is 13.6 Å². The largest absolute Gasteiger partial charge is 0.347 e. The Morgan fingerprint density at radius 2 is 2.17 bits per heavy atom. The van der Waals surface area contributed by atoms with Crippen LogP contribution in [0.1, 0.15) is 24.8 Å². The second-order valence-corrected chi connectivity index (χ2v) is 4.93. The van der Waals surface area contributed by atoms with Gasteiger partial charge in [-0.25, -0.2) is 0 Å². The first-order chi connectivity index (χ1) is 8.16. The van der Waals surface area contributed by atoms with E-state index in [0.29, 0.717) is 13.0 Å². The van der Waals surface area contributed by atoms with Crippen molar-refractivity contribution in [3.63, 3.8) is 0 Å². The quantitative estimate of drug-likeness (QED) is 0.874. The van der Waals surface area contributed by atoms with Gasteiger partial charge in [0.05, 0.1) is 5.54 Å². The van der Waals surface area contributed by atoms with Gasteiger partial charge < -0.3 is 10.6 Å². The number of hydrogen-bond donors (Lipinski definition) is 2. The lowest BCUT2D eigenvalue weighted by Gasteiger charge is -2.18. The lowest BCUT2D eigenvalue weighted by molar-refractivity contribution is -0.122. The lowest BCUT2D eigenvalue weighted by Crippen LogP contribution is -2.36. The normalized spacial score (nSPS) is 15.7. The molecule has 0 spiro atoms. The minimum Gasteiger partial charge on any atom is -0.347 e. The Labute approximate surface area is 119 Å². The molecule has 0 atom stereocenters. The number of rotatable bonds is 5. The molecular weight excluding hydrogens is 271 g/mol. The Bertz CT molecular complexity index is 419. The molecule has 0 saturated heterocycles. The summed E-state index contributed by atoms with van der Waals surface area (Å²) < 4.78 is 0. The molecule has 0 radical (unpaired) electrons. The summed E-state index contributed by atoms with van der Waals surface area (Å²) in [4.78, 5) is 11.7. The number of benzene rings is 1. The fourth-order valence-corrected chi connectivity index (χ4v) is 2.16. The van der Waals surface area contributed by atoms with Crippen LogP contribution >= 0.6 is 24.0 Å². The van der Waals surface area contributed by atoms with Gasteiger partial charge in [-0.15, -0.1) is 12.4 Å². The number of amides is 1. The zero-order valence-corrected chi connectivity index (χ0v) is 11.9. The standard InChI is InChI=1S/C13H17ClN2O.ClH/c1-15-8-5-12(17)16-13(6-7-13)10-3-2-4-11(14)9-10;/h2-4,9,15H,5-8H2,1H3,(H,16,17);1H. The summed E-state index contributed by atoms with van der Waals surface area (Å²) in [5, 5.41) is 6.80. The van der Waals surface area contributed by atoms with Crippen molar-refractivity contribution in [1.29, 1.82) is 0 Å². The maximum Gasteiger partial charge on any atom is 0.221 e. The van der Waals surface area contributed by atoms with Crippen LogP contribution in [0.15, 0.2) is 24.3 Å². The van der Waals surface area contributed by atoms with Crippen molar-refractivity contribution >= 4 is 29.9 Å². The van der Waals surface area contributed by atoms with Gasteiger partial charge in [0, 0.05) is 18.0 Å². The third kappa shape index (κ3) is 3.61. The van der Waals surface area contributed by atoms with Crippen LogP contribution in [0.2, 0.25) is 5.02 Å². The average molecular weight is 289 g/mol. The highest BCUT2D eigenvalue weighted by atomic mass is 35.5. The van der Waals surface area contributed by atoms with Gasteiger partial charge in [0.25, 0.3) is 0 Å². The fourth-order valence-electron chi connectivity index (χ4n) is 1.96. The molecule has 1 amide bonds. The first-order valence-electron chi connectivity index (χ1n) is 5.88. The van der Waals surface area contributed by atoms with Gasteiger partial charge in [0.15, 0.2) is 0 Å². The minimum absolute atomic E-state index is 0. The molecule has 1 fully saturated rings. The Morgan fingerprint density at radius 1 is 1.44 bits per heavy atom. The highest BCUT2D eigenvalue weighted by molar-refractivity contribution is 6.30. The summed E-state index contributed by atoms with van der Waals surface area (Å²) in [5.74, 6) is 0.0943. The van der Waals surface area contributed by atoms with Crippen molar-refractivity contribution in [3.8, 4) is 0 Å². The Morgan fingerprint density at radius 3 is 2.72 bits per heavy atom. The zero-order valence-electron chi connectivity index (χ0n) is 10.3. The van der Waals surface area contributed by atoms with Crippen LogP contribution in [0.4, 0.5) is 0 Å². The molecule has 100 valence electrons. The molecule has 0 aliphatic heterocycles. The summed E-state index contributed by atoms with van der Waals surface area (Å²) in [6.07, 6.45) is 2.51. The number of halogens is 2. The summed E-state index contributed by atoms with van der Waals surface area (Å²) in [5.41, 5.74) is 0.957. The van der Waals surface area contributed by atoms with Gasteiger partial charge >= 0.3 is 0 Å². The Hall–Kier alpha value is -0.770. The molecule has 1 aromatic carbocycles. The van der Waals surface area contributed by atoms with Crippen molar-refractivity contribution < 1.29 is 4.79 Å². The average Bonchev–Trinajstić information content (AvgIpc) is 3.07. The van der Waals surface area contributed by atoms with E-state index in [1.807, 2.05) is 31.3 Å². The van der Waals surface area contributed by atoms with Crippen molar-refractivity contribution in [3.05, 3.63) is 34.9 Å². The van der Waals surface area contributed by atoms with Gasteiger partial charge in [-0.2, -0.15) is 0 Å². The first kappa shape index (κ1) is 15.3. The molecule has 0 unspecified atom stereocenters. The highest BCUT2D eigenvalue weighted by Gasteiger charge is 2.45. The highest BCUT2D eigenvalue weighted by Crippen LogP contribution is 2.45. The van der Waals surface area contributed by atoms with Crippen LogP contribution in [0, 0.1) is 0 Å². The molecular formula is C13H18Cl2N2O. The van der Waals surface area contributed by atoms with Crippen LogP contribution in [-0.4, -0.2) is 19.5 Å². The molecule has 2 N–H and O–H groups in total. The minimum atomic E-state index is -0.157. The van der Waals surface area contributed by atoms with E-state index in [2.05, 4.69) is 10.6 Å². The third-order valence-electron chi connectivity index (χ3n) is 3.11. The summed E-state index contributed by atoms with van der Waals surface area (Å²) in [7, 11) is 1.84. The van der Waals surface area contributed by atoms with E-state index in [9.17, 15) is 4.79 Å². The van der Waals surface area contributed by atoms with Crippen LogP contribution in [0.5, 0.6) is 0 Å². The molecule has 1 aliphatic rings. The van der Waals surface area contributed by atoms with E-state index in [0.717, 1.165) is 23.4 Å². The van der Waals surface area contributed by atoms with Gasteiger partial charge in [-0.3, -0.25) is 4.79 Å².